The van der Waals surface area contributed by atoms with Crippen LogP contribution >= 0.6 is 15.9 Å². The van der Waals surface area contributed by atoms with Crippen LogP contribution in [0.3, 0.4) is 0 Å². The second-order valence-electron chi connectivity index (χ2n) is 5.15. The van der Waals surface area contributed by atoms with Crippen LogP contribution in [-0.2, 0) is 6.42 Å². The lowest BCUT2D eigenvalue weighted by Crippen LogP contribution is -1.86. The SMILES string of the molecule is CCCc1ccc(-c2cn3cc(Br)cc(C)c3n2)cc1. The van der Waals surface area contributed by atoms with Crippen molar-refractivity contribution >= 4 is 21.6 Å². The van der Waals surface area contributed by atoms with E-state index in [9.17, 15) is 0 Å². The summed E-state index contributed by atoms with van der Waals surface area (Å²) in [6, 6.07) is 10.8. The van der Waals surface area contributed by atoms with Crippen molar-refractivity contribution in [2.75, 3.05) is 0 Å². The molecule has 0 aliphatic heterocycles. The molecule has 0 fully saturated rings. The van der Waals surface area contributed by atoms with Crippen molar-refractivity contribution in [3.05, 3.63) is 58.3 Å². The van der Waals surface area contributed by atoms with E-state index in [1.165, 1.54) is 23.1 Å². The molecule has 20 heavy (non-hydrogen) atoms. The molecule has 0 aliphatic rings. The van der Waals surface area contributed by atoms with Crippen LogP contribution in [0.1, 0.15) is 24.5 Å². The van der Waals surface area contributed by atoms with Crippen molar-refractivity contribution < 1.29 is 0 Å². The summed E-state index contributed by atoms with van der Waals surface area (Å²) in [6.45, 7) is 4.29. The third kappa shape index (κ3) is 2.50. The fourth-order valence-electron chi connectivity index (χ4n) is 2.50. The number of imidazole rings is 1. The van der Waals surface area contributed by atoms with Crippen LogP contribution in [-0.4, -0.2) is 9.38 Å². The summed E-state index contributed by atoms with van der Waals surface area (Å²) < 4.78 is 3.15. The average Bonchev–Trinajstić information content (AvgIpc) is 2.84. The van der Waals surface area contributed by atoms with Gasteiger partial charge in [0.1, 0.15) is 5.65 Å². The Bertz CT molecular complexity index is 742. The first-order valence-electron chi connectivity index (χ1n) is 6.91. The Kier molecular flexibility index (Phi) is 3.62. The quantitative estimate of drug-likeness (QED) is 0.659. The van der Waals surface area contributed by atoms with Gasteiger partial charge in [-0.05, 0) is 46.5 Å². The highest BCUT2D eigenvalue weighted by atomic mass is 79.9. The van der Waals surface area contributed by atoms with Gasteiger partial charge in [0, 0.05) is 22.4 Å². The first-order valence-corrected chi connectivity index (χ1v) is 7.71. The van der Waals surface area contributed by atoms with Crippen LogP contribution in [0.15, 0.2) is 47.2 Å². The summed E-state index contributed by atoms with van der Waals surface area (Å²) in [4.78, 5) is 4.74. The minimum absolute atomic E-state index is 1.01. The van der Waals surface area contributed by atoms with Crippen LogP contribution in [0.25, 0.3) is 16.9 Å². The molecule has 2 aromatic heterocycles. The zero-order valence-electron chi connectivity index (χ0n) is 11.7. The molecule has 1 aromatic carbocycles. The zero-order chi connectivity index (χ0) is 14.1. The van der Waals surface area contributed by atoms with E-state index in [1.54, 1.807) is 0 Å². The molecule has 0 bridgehead atoms. The maximum Gasteiger partial charge on any atom is 0.140 e. The molecule has 0 amide bonds. The molecule has 2 heterocycles. The van der Waals surface area contributed by atoms with Crippen LogP contribution in [0.2, 0.25) is 0 Å². The van der Waals surface area contributed by atoms with Crippen molar-refractivity contribution in [2.45, 2.75) is 26.7 Å². The molecule has 0 saturated carbocycles. The van der Waals surface area contributed by atoms with Gasteiger partial charge < -0.3 is 4.40 Å². The number of fused-ring (bicyclic) bond motifs is 1. The summed E-state index contributed by atoms with van der Waals surface area (Å²) >= 11 is 3.53. The molecule has 102 valence electrons. The van der Waals surface area contributed by atoms with E-state index in [4.69, 9.17) is 4.98 Å². The highest BCUT2D eigenvalue weighted by molar-refractivity contribution is 9.10. The molecule has 0 spiro atoms. The third-order valence-electron chi connectivity index (χ3n) is 3.49. The molecule has 0 N–H and O–H groups in total. The monoisotopic (exact) mass is 328 g/mol. The van der Waals surface area contributed by atoms with Gasteiger partial charge in [0.05, 0.1) is 5.69 Å². The maximum absolute atomic E-state index is 4.74. The summed E-state index contributed by atoms with van der Waals surface area (Å²) in [5.74, 6) is 0. The maximum atomic E-state index is 4.74. The van der Waals surface area contributed by atoms with Crippen LogP contribution in [0.5, 0.6) is 0 Å². The molecule has 0 atom stereocenters. The highest BCUT2D eigenvalue weighted by Gasteiger charge is 2.07. The standard InChI is InChI=1S/C17H17BrN2/c1-3-4-13-5-7-14(8-6-13)16-11-20-10-15(18)9-12(2)17(20)19-16/h5-11H,3-4H2,1-2H3. The lowest BCUT2D eigenvalue weighted by molar-refractivity contribution is 0.922. The smallest absolute Gasteiger partial charge is 0.140 e. The lowest BCUT2D eigenvalue weighted by Gasteiger charge is -2.00. The van der Waals surface area contributed by atoms with Gasteiger partial charge >= 0.3 is 0 Å². The van der Waals surface area contributed by atoms with Gasteiger partial charge in [-0.1, -0.05) is 37.6 Å². The van der Waals surface area contributed by atoms with Gasteiger partial charge in [-0.25, -0.2) is 4.98 Å². The molecular formula is C17H17BrN2. The zero-order valence-corrected chi connectivity index (χ0v) is 13.3. The van der Waals surface area contributed by atoms with Crippen molar-refractivity contribution in [1.29, 1.82) is 0 Å². The van der Waals surface area contributed by atoms with Gasteiger partial charge in [-0.2, -0.15) is 0 Å². The predicted molar refractivity (Wildman–Crippen MR) is 87.1 cm³/mol. The van der Waals surface area contributed by atoms with E-state index in [1.807, 2.05) is 6.20 Å². The molecule has 0 aliphatic carbocycles. The minimum atomic E-state index is 1.01. The fraction of sp³-hybridized carbons (Fsp3) is 0.235. The number of hydrogen-bond acceptors (Lipinski definition) is 1. The van der Waals surface area contributed by atoms with Crippen molar-refractivity contribution in [1.82, 2.24) is 9.38 Å². The summed E-state index contributed by atoms with van der Waals surface area (Å²) in [5.41, 5.74) is 5.77. The summed E-state index contributed by atoms with van der Waals surface area (Å²) in [5, 5.41) is 0. The number of aromatic nitrogens is 2. The predicted octanol–water partition coefficient (Wildman–Crippen LogP) is 5.02. The second-order valence-corrected chi connectivity index (χ2v) is 6.06. The van der Waals surface area contributed by atoms with Gasteiger partial charge in [0.2, 0.25) is 0 Å². The largest absolute Gasteiger partial charge is 0.305 e. The minimum Gasteiger partial charge on any atom is -0.305 e. The van der Waals surface area contributed by atoms with Crippen LogP contribution < -0.4 is 0 Å². The molecule has 0 unspecified atom stereocenters. The molecule has 0 saturated heterocycles. The number of rotatable bonds is 3. The fourth-order valence-corrected chi connectivity index (χ4v) is 3.06. The van der Waals surface area contributed by atoms with Gasteiger partial charge in [-0.15, -0.1) is 0 Å². The Labute approximate surface area is 127 Å². The second kappa shape index (κ2) is 5.41. The Morgan fingerprint density at radius 2 is 1.90 bits per heavy atom. The van der Waals surface area contributed by atoms with E-state index in [0.717, 1.165) is 22.2 Å². The highest BCUT2D eigenvalue weighted by Crippen LogP contribution is 2.23. The van der Waals surface area contributed by atoms with Gasteiger partial charge in [-0.3, -0.25) is 0 Å². The lowest BCUT2D eigenvalue weighted by atomic mass is 10.1. The van der Waals surface area contributed by atoms with Crippen molar-refractivity contribution in [2.24, 2.45) is 0 Å². The van der Waals surface area contributed by atoms with Crippen LogP contribution in [0, 0.1) is 6.92 Å². The Balaban J connectivity index is 2.03. The number of nitrogens with zero attached hydrogens (tertiary/aromatic N) is 2. The van der Waals surface area contributed by atoms with Crippen molar-refractivity contribution in [3.8, 4) is 11.3 Å². The summed E-state index contributed by atoms with van der Waals surface area (Å²) in [7, 11) is 0. The molecule has 3 rings (SSSR count). The number of aryl methyl sites for hydroxylation is 2. The van der Waals surface area contributed by atoms with Gasteiger partial charge in [0.25, 0.3) is 0 Å². The molecule has 0 radical (unpaired) electrons. The van der Waals surface area contributed by atoms with Gasteiger partial charge in [0.15, 0.2) is 0 Å². The Morgan fingerprint density at radius 3 is 2.60 bits per heavy atom. The summed E-state index contributed by atoms with van der Waals surface area (Å²) in [6.07, 6.45) is 6.45. The third-order valence-corrected chi connectivity index (χ3v) is 3.92. The molecule has 3 aromatic rings. The van der Waals surface area contributed by atoms with Crippen LogP contribution in [0.4, 0.5) is 0 Å². The van der Waals surface area contributed by atoms with E-state index < -0.39 is 0 Å². The van der Waals surface area contributed by atoms with E-state index >= 15 is 0 Å². The molecular weight excluding hydrogens is 312 g/mol. The number of hydrogen-bond donors (Lipinski definition) is 0. The first-order chi connectivity index (χ1) is 9.67. The Hall–Kier alpha value is -1.61. The number of halogens is 1. The van der Waals surface area contributed by atoms with E-state index in [2.05, 4.69) is 70.7 Å². The van der Waals surface area contributed by atoms with Crippen molar-refractivity contribution in [3.63, 3.8) is 0 Å². The van der Waals surface area contributed by atoms with E-state index in [-0.39, 0.29) is 0 Å². The normalized spacial score (nSPS) is 11.2. The topological polar surface area (TPSA) is 17.3 Å². The average molecular weight is 329 g/mol. The number of benzene rings is 1. The molecule has 3 heteroatoms. The Morgan fingerprint density at radius 1 is 1.15 bits per heavy atom. The number of pyridine rings is 1. The molecule has 2 nitrogen and oxygen atoms in total. The first kappa shape index (κ1) is 13.4. The van der Waals surface area contributed by atoms with E-state index in [0.29, 0.717) is 0 Å².